The van der Waals surface area contributed by atoms with E-state index < -0.39 is 18.0 Å². The Morgan fingerprint density at radius 3 is 2.14 bits per heavy atom. The number of carboxylic acids is 1. The highest BCUT2D eigenvalue weighted by atomic mass is 16.5. The highest BCUT2D eigenvalue weighted by molar-refractivity contribution is 5.90. The van der Waals surface area contributed by atoms with Crippen LogP contribution < -0.4 is 5.73 Å². The van der Waals surface area contributed by atoms with Gasteiger partial charge in [0.05, 0.1) is 5.56 Å². The van der Waals surface area contributed by atoms with Crippen molar-refractivity contribution < 1.29 is 19.4 Å². The first-order chi connectivity index (χ1) is 13.6. The molecule has 0 radical (unpaired) electrons. The van der Waals surface area contributed by atoms with E-state index in [9.17, 15) is 9.59 Å². The maximum atomic E-state index is 12.6. The minimum Gasteiger partial charge on any atom is -0.480 e. The fraction of sp³-hybridized carbons (Fsp3) is 0.130. The summed E-state index contributed by atoms with van der Waals surface area (Å²) in [5.41, 5.74) is 10.9. The molecule has 140 valence electrons. The van der Waals surface area contributed by atoms with E-state index in [2.05, 4.69) is 24.3 Å². The molecule has 0 fully saturated rings. The number of nitrogens with two attached hydrogens (primary N) is 1. The average Bonchev–Trinajstić information content (AvgIpc) is 3.05. The number of carbonyl (C=O) groups is 2. The molecule has 1 atom stereocenters. The minimum atomic E-state index is -1.18. The number of hydrogen-bond donors (Lipinski definition) is 2. The van der Waals surface area contributed by atoms with E-state index >= 15 is 0 Å². The van der Waals surface area contributed by atoms with Gasteiger partial charge in [0.25, 0.3) is 0 Å². The van der Waals surface area contributed by atoms with Gasteiger partial charge in [-0.1, -0.05) is 60.7 Å². The van der Waals surface area contributed by atoms with Gasteiger partial charge in [-0.15, -0.1) is 0 Å². The second-order valence-electron chi connectivity index (χ2n) is 6.77. The Morgan fingerprint density at radius 2 is 1.54 bits per heavy atom. The molecule has 0 aliphatic heterocycles. The van der Waals surface area contributed by atoms with E-state index in [1.165, 1.54) is 6.07 Å². The van der Waals surface area contributed by atoms with Crippen LogP contribution in [0.25, 0.3) is 11.1 Å². The van der Waals surface area contributed by atoms with Crippen LogP contribution in [0.15, 0.2) is 72.8 Å². The van der Waals surface area contributed by atoms with Crippen molar-refractivity contribution in [1.82, 2.24) is 0 Å². The zero-order valence-electron chi connectivity index (χ0n) is 15.0. The van der Waals surface area contributed by atoms with E-state index in [1.54, 1.807) is 18.2 Å². The predicted octanol–water partition coefficient (Wildman–Crippen LogP) is 3.74. The molecule has 5 nitrogen and oxygen atoms in total. The topological polar surface area (TPSA) is 89.6 Å². The standard InChI is InChI=1S/C23H19NO4/c24-21(22(25)26)14-6-5-7-15(12-14)23(27)28-13-20-18-10-3-1-8-16(18)17-9-2-4-11-19(17)20/h1-12,20-21H,13,24H2,(H,25,26). The van der Waals surface area contributed by atoms with Crippen molar-refractivity contribution in [3.63, 3.8) is 0 Å². The molecule has 0 bridgehead atoms. The molecule has 1 aliphatic carbocycles. The average molecular weight is 373 g/mol. The third kappa shape index (κ3) is 3.17. The molecule has 0 amide bonds. The van der Waals surface area contributed by atoms with Crippen LogP contribution in [0.4, 0.5) is 0 Å². The monoisotopic (exact) mass is 373 g/mol. The van der Waals surface area contributed by atoms with Crippen LogP contribution in [-0.2, 0) is 9.53 Å². The highest BCUT2D eigenvalue weighted by Gasteiger charge is 2.29. The van der Waals surface area contributed by atoms with Gasteiger partial charge in [-0.2, -0.15) is 0 Å². The lowest BCUT2D eigenvalue weighted by molar-refractivity contribution is -0.138. The van der Waals surface area contributed by atoms with Crippen LogP contribution in [0.2, 0.25) is 0 Å². The van der Waals surface area contributed by atoms with E-state index in [0.717, 1.165) is 22.3 Å². The zero-order chi connectivity index (χ0) is 19.7. The molecular weight excluding hydrogens is 354 g/mol. The normalized spacial score (nSPS) is 13.5. The smallest absolute Gasteiger partial charge is 0.338 e. The molecule has 3 aromatic carbocycles. The van der Waals surface area contributed by atoms with Crippen molar-refractivity contribution in [3.8, 4) is 11.1 Å². The fourth-order valence-corrected chi connectivity index (χ4v) is 3.68. The predicted molar refractivity (Wildman–Crippen MR) is 105 cm³/mol. The van der Waals surface area contributed by atoms with Crippen molar-refractivity contribution in [3.05, 3.63) is 95.1 Å². The lowest BCUT2D eigenvalue weighted by atomic mass is 9.98. The number of ether oxygens (including phenoxy) is 1. The maximum absolute atomic E-state index is 12.6. The lowest BCUT2D eigenvalue weighted by Gasteiger charge is -2.15. The van der Waals surface area contributed by atoms with Gasteiger partial charge in [-0.25, -0.2) is 4.79 Å². The number of rotatable bonds is 5. The molecule has 28 heavy (non-hydrogen) atoms. The van der Waals surface area contributed by atoms with Gasteiger partial charge in [0.15, 0.2) is 0 Å². The minimum absolute atomic E-state index is 0.0270. The van der Waals surface area contributed by atoms with Gasteiger partial charge in [-0.3, -0.25) is 4.79 Å². The molecule has 0 saturated carbocycles. The number of carboxylic acid groups (broad SMARTS) is 1. The van der Waals surface area contributed by atoms with Crippen LogP contribution in [0.1, 0.15) is 39.0 Å². The van der Waals surface area contributed by atoms with Crippen molar-refractivity contribution in [1.29, 1.82) is 0 Å². The lowest BCUT2D eigenvalue weighted by Crippen LogP contribution is -2.21. The summed E-state index contributed by atoms with van der Waals surface area (Å²) in [6.45, 7) is 0.210. The van der Waals surface area contributed by atoms with E-state index in [-0.39, 0.29) is 18.1 Å². The first-order valence-electron chi connectivity index (χ1n) is 9.00. The van der Waals surface area contributed by atoms with Gasteiger partial charge in [0.1, 0.15) is 12.6 Å². The van der Waals surface area contributed by atoms with Crippen LogP contribution >= 0.6 is 0 Å². The molecule has 4 rings (SSSR count). The molecule has 1 aliphatic rings. The fourth-order valence-electron chi connectivity index (χ4n) is 3.68. The summed E-state index contributed by atoms with van der Waals surface area (Å²) in [5, 5.41) is 9.06. The third-order valence-corrected chi connectivity index (χ3v) is 5.09. The Balaban J connectivity index is 1.55. The number of carbonyl (C=O) groups excluding carboxylic acids is 1. The van der Waals surface area contributed by atoms with Crippen LogP contribution in [-0.4, -0.2) is 23.7 Å². The quantitative estimate of drug-likeness (QED) is 0.665. The van der Waals surface area contributed by atoms with Gasteiger partial charge in [0, 0.05) is 5.92 Å². The Bertz CT molecular complexity index is 1010. The zero-order valence-corrected chi connectivity index (χ0v) is 15.0. The van der Waals surface area contributed by atoms with Gasteiger partial charge in [-0.05, 0) is 39.9 Å². The first-order valence-corrected chi connectivity index (χ1v) is 9.00. The van der Waals surface area contributed by atoms with Crippen molar-refractivity contribution in [2.24, 2.45) is 5.73 Å². The number of benzene rings is 3. The SMILES string of the molecule is NC(C(=O)O)c1cccc(C(=O)OCC2c3ccccc3-c3ccccc32)c1. The summed E-state index contributed by atoms with van der Waals surface area (Å²) in [5.74, 6) is -1.67. The van der Waals surface area contributed by atoms with E-state index in [4.69, 9.17) is 15.6 Å². The van der Waals surface area contributed by atoms with Gasteiger partial charge < -0.3 is 15.6 Å². The molecular formula is C23H19NO4. The molecule has 0 saturated heterocycles. The van der Waals surface area contributed by atoms with Crippen LogP contribution in [0.5, 0.6) is 0 Å². The van der Waals surface area contributed by atoms with Crippen LogP contribution in [0.3, 0.4) is 0 Å². The summed E-state index contributed by atoms with van der Waals surface area (Å²) in [7, 11) is 0. The summed E-state index contributed by atoms with van der Waals surface area (Å²) >= 11 is 0. The largest absolute Gasteiger partial charge is 0.480 e. The summed E-state index contributed by atoms with van der Waals surface area (Å²) in [4.78, 5) is 23.6. The number of fused-ring (bicyclic) bond motifs is 3. The molecule has 0 heterocycles. The van der Waals surface area contributed by atoms with E-state index in [1.807, 2.05) is 24.3 Å². The van der Waals surface area contributed by atoms with Crippen molar-refractivity contribution >= 4 is 11.9 Å². The van der Waals surface area contributed by atoms with Crippen molar-refractivity contribution in [2.75, 3.05) is 6.61 Å². The molecule has 3 N–H and O–H groups in total. The summed E-state index contributed by atoms with van der Waals surface area (Å²) < 4.78 is 5.59. The highest BCUT2D eigenvalue weighted by Crippen LogP contribution is 2.44. The van der Waals surface area contributed by atoms with Crippen molar-refractivity contribution in [2.45, 2.75) is 12.0 Å². The van der Waals surface area contributed by atoms with Gasteiger partial charge >= 0.3 is 11.9 Å². The molecule has 1 unspecified atom stereocenters. The van der Waals surface area contributed by atoms with E-state index in [0.29, 0.717) is 5.56 Å². The summed E-state index contributed by atoms with van der Waals surface area (Å²) in [6, 6.07) is 21.3. The number of aliphatic carboxylic acids is 1. The van der Waals surface area contributed by atoms with Crippen LogP contribution in [0, 0.1) is 0 Å². The maximum Gasteiger partial charge on any atom is 0.338 e. The second kappa shape index (κ2) is 7.29. The molecule has 3 aromatic rings. The first kappa shape index (κ1) is 17.9. The Labute approximate surface area is 162 Å². The number of hydrogen-bond acceptors (Lipinski definition) is 4. The molecule has 5 heteroatoms. The summed E-state index contributed by atoms with van der Waals surface area (Å²) in [6.07, 6.45) is 0. The Morgan fingerprint density at radius 1 is 0.929 bits per heavy atom. The third-order valence-electron chi connectivity index (χ3n) is 5.09. The number of esters is 1. The second-order valence-corrected chi connectivity index (χ2v) is 6.77. The Kier molecular flexibility index (Phi) is 4.67. The Hall–Kier alpha value is -3.44. The molecule has 0 spiro atoms. The molecule has 0 aromatic heterocycles. The van der Waals surface area contributed by atoms with Gasteiger partial charge in [0.2, 0.25) is 0 Å².